The molecular weight excluding hydrogens is 242 g/mol. The van der Waals surface area contributed by atoms with Crippen LogP contribution in [0.15, 0.2) is 18.3 Å². The number of hydrogen-bond acceptors (Lipinski definition) is 5. The largest absolute Gasteiger partial charge is 0.490 e. The molecule has 2 heterocycles. The molecule has 0 spiro atoms. The summed E-state index contributed by atoms with van der Waals surface area (Å²) in [6, 6.07) is 3.84. The summed E-state index contributed by atoms with van der Waals surface area (Å²) in [4.78, 5) is 6.75. The maximum atomic E-state index is 5.53. The summed E-state index contributed by atoms with van der Waals surface area (Å²) in [7, 11) is 0. The molecule has 0 aliphatic carbocycles. The Morgan fingerprint density at radius 1 is 1.42 bits per heavy atom. The van der Waals surface area contributed by atoms with Crippen molar-refractivity contribution in [3.8, 4) is 5.75 Å². The van der Waals surface area contributed by atoms with Crippen molar-refractivity contribution in [1.29, 1.82) is 0 Å². The minimum absolute atomic E-state index is 0.661. The molecule has 1 aromatic heterocycles. The lowest BCUT2D eigenvalue weighted by molar-refractivity contribution is 0.0378. The third-order valence-corrected chi connectivity index (χ3v) is 3.12. The molecule has 5 heteroatoms. The van der Waals surface area contributed by atoms with Crippen LogP contribution in [0.4, 0.5) is 5.82 Å². The van der Waals surface area contributed by atoms with Crippen LogP contribution < -0.4 is 10.1 Å². The van der Waals surface area contributed by atoms with Gasteiger partial charge in [-0.2, -0.15) is 0 Å². The molecule has 1 aromatic rings. The second-order valence-corrected chi connectivity index (χ2v) is 4.52. The number of pyridine rings is 1. The number of rotatable bonds is 7. The Hall–Kier alpha value is -1.33. The molecule has 0 atom stereocenters. The molecule has 0 radical (unpaired) electrons. The smallest absolute Gasteiger partial charge is 0.168 e. The van der Waals surface area contributed by atoms with Crippen molar-refractivity contribution < 1.29 is 9.47 Å². The van der Waals surface area contributed by atoms with Gasteiger partial charge in [0.2, 0.25) is 0 Å². The summed E-state index contributed by atoms with van der Waals surface area (Å²) in [6.07, 6.45) is 2.88. The molecular formula is C14H23N3O2. The molecule has 0 bridgehead atoms. The van der Waals surface area contributed by atoms with Crippen LogP contribution in [0.3, 0.4) is 0 Å². The lowest BCUT2D eigenvalue weighted by atomic mass is 10.3. The quantitative estimate of drug-likeness (QED) is 0.759. The van der Waals surface area contributed by atoms with Crippen molar-refractivity contribution in [3.05, 3.63) is 18.3 Å². The summed E-state index contributed by atoms with van der Waals surface area (Å²) in [5, 5.41) is 3.34. The van der Waals surface area contributed by atoms with Gasteiger partial charge in [-0.25, -0.2) is 4.98 Å². The Morgan fingerprint density at radius 3 is 3.05 bits per heavy atom. The molecule has 5 nitrogen and oxygen atoms in total. The van der Waals surface area contributed by atoms with E-state index in [4.69, 9.17) is 9.47 Å². The molecule has 0 saturated carbocycles. The van der Waals surface area contributed by atoms with E-state index in [0.29, 0.717) is 6.61 Å². The van der Waals surface area contributed by atoms with Gasteiger partial charge in [-0.1, -0.05) is 0 Å². The van der Waals surface area contributed by atoms with Crippen molar-refractivity contribution >= 4 is 5.82 Å². The van der Waals surface area contributed by atoms with E-state index in [9.17, 15) is 0 Å². The lowest BCUT2D eigenvalue weighted by Gasteiger charge is -2.26. The Morgan fingerprint density at radius 2 is 2.26 bits per heavy atom. The van der Waals surface area contributed by atoms with Gasteiger partial charge in [0.15, 0.2) is 11.6 Å². The van der Waals surface area contributed by atoms with Gasteiger partial charge in [-0.05, 0) is 32.0 Å². The predicted octanol–water partition coefficient (Wildman–Crippen LogP) is 1.61. The van der Waals surface area contributed by atoms with Gasteiger partial charge >= 0.3 is 0 Å². The lowest BCUT2D eigenvalue weighted by Crippen LogP contribution is -2.37. The summed E-state index contributed by atoms with van der Waals surface area (Å²) in [5.74, 6) is 1.67. The average molecular weight is 265 g/mol. The highest BCUT2D eigenvalue weighted by Crippen LogP contribution is 2.20. The van der Waals surface area contributed by atoms with E-state index in [1.807, 2.05) is 19.1 Å². The first-order valence-corrected chi connectivity index (χ1v) is 7.02. The fraction of sp³-hybridized carbons (Fsp3) is 0.643. The van der Waals surface area contributed by atoms with Gasteiger partial charge < -0.3 is 14.8 Å². The van der Waals surface area contributed by atoms with Crippen LogP contribution in [0.5, 0.6) is 5.75 Å². The maximum Gasteiger partial charge on any atom is 0.168 e. The van der Waals surface area contributed by atoms with Crippen molar-refractivity contribution in [1.82, 2.24) is 9.88 Å². The van der Waals surface area contributed by atoms with Gasteiger partial charge in [0.25, 0.3) is 0 Å². The summed E-state index contributed by atoms with van der Waals surface area (Å²) in [6.45, 7) is 8.48. The highest BCUT2D eigenvalue weighted by atomic mass is 16.5. The van der Waals surface area contributed by atoms with E-state index in [2.05, 4.69) is 15.2 Å². The number of nitrogens with zero attached hydrogens (tertiary/aromatic N) is 2. The van der Waals surface area contributed by atoms with Crippen molar-refractivity contribution in [3.63, 3.8) is 0 Å². The van der Waals surface area contributed by atoms with Crippen molar-refractivity contribution in [2.45, 2.75) is 13.3 Å². The molecule has 1 fully saturated rings. The number of aromatic nitrogens is 1. The SMILES string of the molecule is CCOc1cccnc1NCCCN1CCOCC1. The molecule has 1 aliphatic heterocycles. The standard InChI is InChI=1S/C14H23N3O2/c1-2-19-13-5-3-6-15-14(13)16-7-4-8-17-9-11-18-12-10-17/h3,5-6H,2,4,7-12H2,1H3,(H,15,16). The molecule has 0 unspecified atom stereocenters. The van der Waals surface area contributed by atoms with E-state index in [-0.39, 0.29) is 0 Å². The molecule has 106 valence electrons. The van der Waals surface area contributed by atoms with Crippen LogP contribution in [0.1, 0.15) is 13.3 Å². The first kappa shape index (κ1) is 14.1. The van der Waals surface area contributed by atoms with Crippen LogP contribution in [-0.4, -0.2) is 55.9 Å². The Bertz CT molecular complexity index is 367. The second kappa shape index (κ2) is 7.96. The molecule has 0 amide bonds. The Balaban J connectivity index is 1.70. The molecule has 0 aromatic carbocycles. The van der Waals surface area contributed by atoms with Crippen molar-refractivity contribution in [2.75, 3.05) is 51.3 Å². The summed E-state index contributed by atoms with van der Waals surface area (Å²) >= 11 is 0. The monoisotopic (exact) mass is 265 g/mol. The van der Waals surface area contributed by atoms with E-state index in [1.165, 1.54) is 0 Å². The van der Waals surface area contributed by atoms with Gasteiger partial charge in [0.05, 0.1) is 19.8 Å². The van der Waals surface area contributed by atoms with Gasteiger partial charge in [0.1, 0.15) is 0 Å². The number of anilines is 1. The van der Waals surface area contributed by atoms with E-state index < -0.39 is 0 Å². The molecule has 2 rings (SSSR count). The molecule has 1 N–H and O–H groups in total. The molecule has 1 aliphatic rings. The van der Waals surface area contributed by atoms with Crippen molar-refractivity contribution in [2.24, 2.45) is 0 Å². The number of nitrogens with one attached hydrogen (secondary N) is 1. The number of morpholine rings is 1. The van der Waals surface area contributed by atoms with Gasteiger partial charge in [-0.3, -0.25) is 4.90 Å². The van der Waals surface area contributed by atoms with Gasteiger partial charge in [0, 0.05) is 25.8 Å². The highest BCUT2D eigenvalue weighted by Gasteiger charge is 2.09. The highest BCUT2D eigenvalue weighted by molar-refractivity contribution is 5.49. The minimum Gasteiger partial charge on any atom is -0.490 e. The average Bonchev–Trinajstić information content (AvgIpc) is 2.47. The van der Waals surface area contributed by atoms with Crippen LogP contribution in [0, 0.1) is 0 Å². The van der Waals surface area contributed by atoms with Crippen LogP contribution in [0.2, 0.25) is 0 Å². The zero-order valence-electron chi connectivity index (χ0n) is 11.6. The zero-order chi connectivity index (χ0) is 13.3. The van der Waals surface area contributed by atoms with Crippen LogP contribution in [0.25, 0.3) is 0 Å². The maximum absolute atomic E-state index is 5.53. The molecule has 19 heavy (non-hydrogen) atoms. The zero-order valence-corrected chi connectivity index (χ0v) is 11.6. The van der Waals surface area contributed by atoms with Crippen LogP contribution >= 0.6 is 0 Å². The fourth-order valence-corrected chi connectivity index (χ4v) is 2.13. The third-order valence-electron chi connectivity index (χ3n) is 3.12. The molecule has 1 saturated heterocycles. The number of hydrogen-bond donors (Lipinski definition) is 1. The third kappa shape index (κ3) is 4.69. The van der Waals surface area contributed by atoms with E-state index in [0.717, 1.165) is 57.4 Å². The van der Waals surface area contributed by atoms with E-state index >= 15 is 0 Å². The van der Waals surface area contributed by atoms with E-state index in [1.54, 1.807) is 6.20 Å². The topological polar surface area (TPSA) is 46.6 Å². The van der Waals surface area contributed by atoms with Crippen LogP contribution in [-0.2, 0) is 4.74 Å². The predicted molar refractivity (Wildman–Crippen MR) is 75.8 cm³/mol. The Kier molecular flexibility index (Phi) is 5.91. The number of ether oxygens (including phenoxy) is 2. The normalized spacial score (nSPS) is 16.3. The summed E-state index contributed by atoms with van der Waals surface area (Å²) in [5.41, 5.74) is 0. The first-order valence-electron chi connectivity index (χ1n) is 7.02. The van der Waals surface area contributed by atoms with Gasteiger partial charge in [-0.15, -0.1) is 0 Å². The first-order chi connectivity index (χ1) is 9.40. The summed E-state index contributed by atoms with van der Waals surface area (Å²) < 4.78 is 10.9. The Labute approximate surface area is 114 Å². The fourth-order valence-electron chi connectivity index (χ4n) is 2.13. The second-order valence-electron chi connectivity index (χ2n) is 4.52. The minimum atomic E-state index is 0.661.